The summed E-state index contributed by atoms with van der Waals surface area (Å²) < 4.78 is 0. The second kappa shape index (κ2) is 5.15. The average molecular weight is 261 g/mol. The fourth-order valence-corrected chi connectivity index (χ4v) is 2.84. The van der Waals surface area contributed by atoms with E-state index in [0.717, 1.165) is 43.6 Å². The van der Waals surface area contributed by atoms with Gasteiger partial charge in [0.1, 0.15) is 18.7 Å². The SMILES string of the molecule is O=C(O)CN(c1ncnc2c1CCCCC2)C1CC1. The number of aryl methyl sites for hydroxylation is 1. The molecule has 0 aromatic carbocycles. The zero-order valence-corrected chi connectivity index (χ0v) is 11.0. The number of carboxylic acid groups (broad SMARTS) is 1. The van der Waals surface area contributed by atoms with E-state index in [0.29, 0.717) is 6.04 Å². The highest BCUT2D eigenvalue weighted by atomic mass is 16.4. The van der Waals surface area contributed by atoms with Crippen LogP contribution in [0.1, 0.15) is 43.4 Å². The van der Waals surface area contributed by atoms with Crippen molar-refractivity contribution in [2.75, 3.05) is 11.4 Å². The van der Waals surface area contributed by atoms with Crippen molar-refractivity contribution >= 4 is 11.8 Å². The molecular formula is C14H19N3O2. The maximum atomic E-state index is 11.1. The van der Waals surface area contributed by atoms with Crippen molar-refractivity contribution in [1.29, 1.82) is 0 Å². The van der Waals surface area contributed by atoms with Crippen LogP contribution in [-0.2, 0) is 17.6 Å². The number of hydrogen-bond donors (Lipinski definition) is 1. The van der Waals surface area contributed by atoms with Gasteiger partial charge < -0.3 is 10.0 Å². The number of nitrogens with zero attached hydrogens (tertiary/aromatic N) is 3. The number of fused-ring (bicyclic) bond motifs is 1. The zero-order valence-electron chi connectivity index (χ0n) is 11.0. The second-order valence-electron chi connectivity index (χ2n) is 5.44. The van der Waals surface area contributed by atoms with Gasteiger partial charge in [-0.05, 0) is 38.5 Å². The van der Waals surface area contributed by atoms with Crippen LogP contribution in [0.3, 0.4) is 0 Å². The first kappa shape index (κ1) is 12.4. The van der Waals surface area contributed by atoms with Crippen LogP contribution in [0.25, 0.3) is 0 Å². The quantitative estimate of drug-likeness (QED) is 0.837. The molecule has 1 aromatic rings. The molecule has 2 aliphatic carbocycles. The van der Waals surface area contributed by atoms with Crippen LogP contribution in [0, 0.1) is 0 Å². The van der Waals surface area contributed by atoms with Crippen LogP contribution in [0.15, 0.2) is 6.33 Å². The van der Waals surface area contributed by atoms with E-state index in [2.05, 4.69) is 9.97 Å². The third-order valence-corrected chi connectivity index (χ3v) is 3.92. The largest absolute Gasteiger partial charge is 0.480 e. The van der Waals surface area contributed by atoms with E-state index in [1.165, 1.54) is 18.4 Å². The Morgan fingerprint density at radius 3 is 2.79 bits per heavy atom. The molecule has 0 bridgehead atoms. The Kier molecular flexibility index (Phi) is 3.36. The lowest BCUT2D eigenvalue weighted by Gasteiger charge is -2.24. The van der Waals surface area contributed by atoms with Gasteiger partial charge in [0.2, 0.25) is 0 Å². The van der Waals surface area contributed by atoms with Crippen molar-refractivity contribution in [1.82, 2.24) is 9.97 Å². The number of aromatic nitrogens is 2. The predicted octanol–water partition coefficient (Wildman–Crippen LogP) is 1.80. The molecular weight excluding hydrogens is 242 g/mol. The highest BCUT2D eigenvalue weighted by molar-refractivity contribution is 5.74. The van der Waals surface area contributed by atoms with Gasteiger partial charge in [-0.15, -0.1) is 0 Å². The predicted molar refractivity (Wildman–Crippen MR) is 71.3 cm³/mol. The number of carbonyl (C=O) groups is 1. The molecule has 1 saturated carbocycles. The van der Waals surface area contributed by atoms with Crippen LogP contribution in [0.5, 0.6) is 0 Å². The van der Waals surface area contributed by atoms with Gasteiger partial charge in [-0.1, -0.05) is 6.42 Å². The van der Waals surface area contributed by atoms with Crippen molar-refractivity contribution in [2.24, 2.45) is 0 Å². The first-order chi connectivity index (χ1) is 9.25. The minimum absolute atomic E-state index is 0.0497. The van der Waals surface area contributed by atoms with Crippen LogP contribution < -0.4 is 4.90 Å². The summed E-state index contributed by atoms with van der Waals surface area (Å²) in [4.78, 5) is 21.8. The van der Waals surface area contributed by atoms with Crippen LogP contribution in [-0.4, -0.2) is 33.6 Å². The summed E-state index contributed by atoms with van der Waals surface area (Å²) in [5.74, 6) is 0.0877. The molecule has 3 rings (SSSR count). The van der Waals surface area contributed by atoms with E-state index in [4.69, 9.17) is 5.11 Å². The zero-order chi connectivity index (χ0) is 13.2. The van der Waals surface area contributed by atoms with Crippen molar-refractivity contribution in [2.45, 2.75) is 51.0 Å². The molecule has 0 radical (unpaired) electrons. The molecule has 1 fully saturated rings. The lowest BCUT2D eigenvalue weighted by molar-refractivity contribution is -0.135. The Bertz CT molecular complexity index is 486. The smallest absolute Gasteiger partial charge is 0.323 e. The number of aliphatic carboxylic acids is 1. The molecule has 1 N–H and O–H groups in total. The van der Waals surface area contributed by atoms with Crippen molar-refractivity contribution in [3.05, 3.63) is 17.6 Å². The topological polar surface area (TPSA) is 66.3 Å². The van der Waals surface area contributed by atoms with E-state index >= 15 is 0 Å². The van der Waals surface area contributed by atoms with Gasteiger partial charge in [-0.3, -0.25) is 4.79 Å². The number of hydrogen-bond acceptors (Lipinski definition) is 4. The van der Waals surface area contributed by atoms with E-state index < -0.39 is 5.97 Å². The molecule has 5 heteroatoms. The van der Waals surface area contributed by atoms with E-state index in [9.17, 15) is 4.79 Å². The fourth-order valence-electron chi connectivity index (χ4n) is 2.84. The molecule has 0 saturated heterocycles. The maximum Gasteiger partial charge on any atom is 0.323 e. The summed E-state index contributed by atoms with van der Waals surface area (Å²) in [6.07, 6.45) is 9.27. The lowest BCUT2D eigenvalue weighted by Crippen LogP contribution is -2.33. The Morgan fingerprint density at radius 2 is 2.05 bits per heavy atom. The first-order valence-electron chi connectivity index (χ1n) is 7.07. The average Bonchev–Trinajstić information content (AvgIpc) is 3.21. The molecule has 0 spiro atoms. The molecule has 0 amide bonds. The van der Waals surface area contributed by atoms with Crippen LogP contribution >= 0.6 is 0 Å². The van der Waals surface area contributed by atoms with Gasteiger partial charge in [-0.2, -0.15) is 0 Å². The highest BCUT2D eigenvalue weighted by Crippen LogP contribution is 2.34. The fraction of sp³-hybridized carbons (Fsp3) is 0.643. The third kappa shape index (κ3) is 2.69. The molecule has 0 aliphatic heterocycles. The standard InChI is InChI=1S/C14H19N3O2/c18-13(19)8-17(10-6-7-10)14-11-4-2-1-3-5-12(11)15-9-16-14/h9-10H,1-8H2,(H,18,19). The van der Waals surface area contributed by atoms with E-state index in [-0.39, 0.29) is 6.54 Å². The minimum atomic E-state index is -0.784. The van der Waals surface area contributed by atoms with Crippen molar-refractivity contribution < 1.29 is 9.90 Å². The summed E-state index contributed by atoms with van der Waals surface area (Å²) in [5, 5.41) is 9.10. The van der Waals surface area contributed by atoms with Gasteiger partial charge in [0, 0.05) is 17.3 Å². The summed E-state index contributed by atoms with van der Waals surface area (Å²) in [7, 11) is 0. The van der Waals surface area contributed by atoms with Gasteiger partial charge >= 0.3 is 5.97 Å². The van der Waals surface area contributed by atoms with Gasteiger partial charge in [0.25, 0.3) is 0 Å². The summed E-state index contributed by atoms with van der Waals surface area (Å²) in [6, 6.07) is 0.360. The van der Waals surface area contributed by atoms with E-state index in [1.807, 2.05) is 4.90 Å². The Hall–Kier alpha value is -1.65. The Labute approximate surface area is 112 Å². The second-order valence-corrected chi connectivity index (χ2v) is 5.44. The molecule has 5 nitrogen and oxygen atoms in total. The Balaban J connectivity index is 1.95. The molecule has 1 aromatic heterocycles. The molecule has 19 heavy (non-hydrogen) atoms. The molecule has 102 valence electrons. The van der Waals surface area contributed by atoms with Crippen LogP contribution in [0.2, 0.25) is 0 Å². The first-order valence-corrected chi connectivity index (χ1v) is 7.07. The number of anilines is 1. The normalized spacial score (nSPS) is 18.5. The maximum absolute atomic E-state index is 11.1. The highest BCUT2D eigenvalue weighted by Gasteiger charge is 2.33. The Morgan fingerprint density at radius 1 is 1.26 bits per heavy atom. The monoisotopic (exact) mass is 261 g/mol. The molecule has 2 aliphatic rings. The van der Waals surface area contributed by atoms with E-state index in [1.54, 1.807) is 6.33 Å². The van der Waals surface area contributed by atoms with Gasteiger partial charge in [0.15, 0.2) is 0 Å². The third-order valence-electron chi connectivity index (χ3n) is 3.92. The summed E-state index contributed by atoms with van der Waals surface area (Å²) in [5.41, 5.74) is 2.31. The lowest BCUT2D eigenvalue weighted by atomic mass is 10.1. The summed E-state index contributed by atoms with van der Waals surface area (Å²) >= 11 is 0. The van der Waals surface area contributed by atoms with Crippen molar-refractivity contribution in [3.8, 4) is 0 Å². The minimum Gasteiger partial charge on any atom is -0.480 e. The molecule has 0 atom stereocenters. The molecule has 0 unspecified atom stereocenters. The van der Waals surface area contributed by atoms with Gasteiger partial charge in [0.05, 0.1) is 0 Å². The molecule has 1 heterocycles. The van der Waals surface area contributed by atoms with Gasteiger partial charge in [-0.25, -0.2) is 9.97 Å². The van der Waals surface area contributed by atoms with Crippen molar-refractivity contribution in [3.63, 3.8) is 0 Å². The van der Waals surface area contributed by atoms with Crippen LogP contribution in [0.4, 0.5) is 5.82 Å². The number of carboxylic acids is 1. The number of rotatable bonds is 4. The summed E-state index contributed by atoms with van der Waals surface area (Å²) in [6.45, 7) is 0.0497.